The predicted molar refractivity (Wildman–Crippen MR) is 104 cm³/mol. The molecule has 0 saturated carbocycles. The first-order chi connectivity index (χ1) is 13.5. The van der Waals surface area contributed by atoms with E-state index in [1.54, 1.807) is 12.1 Å². The Hall–Kier alpha value is -3.42. The van der Waals surface area contributed by atoms with Crippen molar-refractivity contribution in [2.75, 3.05) is 11.9 Å². The lowest BCUT2D eigenvalue weighted by atomic mass is 9.76. The van der Waals surface area contributed by atoms with Crippen LogP contribution in [0.2, 0.25) is 0 Å². The highest BCUT2D eigenvalue weighted by Gasteiger charge is 2.41. The molecule has 1 aliphatic heterocycles. The molecule has 144 valence electrons. The van der Waals surface area contributed by atoms with E-state index < -0.39 is 9.85 Å². The average molecular weight is 381 g/mol. The largest absolute Gasteiger partial charge is 0.494 e. The van der Waals surface area contributed by atoms with Crippen LogP contribution in [0.15, 0.2) is 48.6 Å². The first-order valence-corrected chi connectivity index (χ1v) is 9.12. The number of rotatable bonds is 5. The monoisotopic (exact) mass is 381 g/mol. The Balaban J connectivity index is 1.79. The maximum atomic E-state index is 11.7. The second-order valence-electron chi connectivity index (χ2n) is 6.92. The summed E-state index contributed by atoms with van der Waals surface area (Å²) in [4.78, 5) is 21.8. The number of nitro benzene ring substituents is 2. The molecule has 0 spiro atoms. The van der Waals surface area contributed by atoms with Gasteiger partial charge in [0.25, 0.3) is 11.4 Å². The van der Waals surface area contributed by atoms with Gasteiger partial charge in [-0.1, -0.05) is 24.3 Å². The van der Waals surface area contributed by atoms with E-state index in [1.807, 2.05) is 13.0 Å². The number of allylic oxidation sites excluding steroid dienone is 2. The predicted octanol–water partition coefficient (Wildman–Crippen LogP) is 4.73. The Morgan fingerprint density at radius 1 is 1.14 bits per heavy atom. The van der Waals surface area contributed by atoms with Gasteiger partial charge in [-0.2, -0.15) is 0 Å². The number of hydrogen-bond acceptors (Lipinski definition) is 6. The summed E-state index contributed by atoms with van der Waals surface area (Å²) in [5, 5.41) is 26.0. The normalized spacial score (nSPS) is 22.1. The van der Waals surface area contributed by atoms with E-state index in [0.29, 0.717) is 18.0 Å². The highest BCUT2D eigenvalue weighted by atomic mass is 16.6. The highest BCUT2D eigenvalue weighted by Crippen LogP contribution is 2.53. The maximum Gasteiger partial charge on any atom is 0.296 e. The van der Waals surface area contributed by atoms with Crippen molar-refractivity contribution in [2.45, 2.75) is 25.3 Å². The lowest BCUT2D eigenvalue weighted by Crippen LogP contribution is -2.29. The molecule has 1 N–H and O–H groups in total. The van der Waals surface area contributed by atoms with Crippen LogP contribution in [0.25, 0.3) is 0 Å². The molecule has 28 heavy (non-hydrogen) atoms. The van der Waals surface area contributed by atoms with Crippen LogP contribution in [0.3, 0.4) is 0 Å². The van der Waals surface area contributed by atoms with Crippen molar-refractivity contribution in [3.8, 4) is 5.75 Å². The van der Waals surface area contributed by atoms with Crippen molar-refractivity contribution in [2.24, 2.45) is 5.92 Å². The lowest BCUT2D eigenvalue weighted by Gasteiger charge is -2.37. The van der Waals surface area contributed by atoms with E-state index >= 15 is 0 Å². The summed E-state index contributed by atoms with van der Waals surface area (Å²) in [6, 6.07) is 9.52. The fourth-order valence-corrected chi connectivity index (χ4v) is 4.18. The number of non-ortho nitro benzene ring substituents is 1. The summed E-state index contributed by atoms with van der Waals surface area (Å²) >= 11 is 0. The lowest BCUT2D eigenvalue weighted by molar-refractivity contribution is -0.384. The van der Waals surface area contributed by atoms with Gasteiger partial charge < -0.3 is 10.1 Å². The summed E-state index contributed by atoms with van der Waals surface area (Å²) in [6.45, 7) is 2.27. The van der Waals surface area contributed by atoms with E-state index in [2.05, 4.69) is 17.5 Å². The number of benzene rings is 2. The van der Waals surface area contributed by atoms with Gasteiger partial charge in [-0.15, -0.1) is 0 Å². The van der Waals surface area contributed by atoms with Crippen LogP contribution >= 0.6 is 0 Å². The number of nitrogens with zero attached hydrogens (tertiary/aromatic N) is 2. The third kappa shape index (κ3) is 2.96. The van der Waals surface area contributed by atoms with Gasteiger partial charge in [0.15, 0.2) is 0 Å². The molecular formula is C20H19N3O5. The number of nitrogens with one attached hydrogen (secondary N) is 1. The summed E-state index contributed by atoms with van der Waals surface area (Å²) in [5.74, 6) is 0.684. The Morgan fingerprint density at radius 3 is 2.54 bits per heavy atom. The Morgan fingerprint density at radius 2 is 1.89 bits per heavy atom. The molecule has 1 heterocycles. The number of hydrogen-bond donors (Lipinski definition) is 1. The summed E-state index contributed by atoms with van der Waals surface area (Å²) in [6.07, 6.45) is 5.00. The molecule has 3 atom stereocenters. The van der Waals surface area contributed by atoms with E-state index in [9.17, 15) is 20.2 Å². The third-order valence-corrected chi connectivity index (χ3v) is 5.39. The molecular weight excluding hydrogens is 362 g/mol. The fourth-order valence-electron chi connectivity index (χ4n) is 4.18. The van der Waals surface area contributed by atoms with Crippen molar-refractivity contribution >= 4 is 17.1 Å². The maximum absolute atomic E-state index is 11.7. The molecule has 0 unspecified atom stereocenters. The van der Waals surface area contributed by atoms with Crippen LogP contribution < -0.4 is 10.1 Å². The van der Waals surface area contributed by atoms with Crippen LogP contribution in [0.4, 0.5) is 17.1 Å². The smallest absolute Gasteiger partial charge is 0.296 e. The molecule has 0 saturated heterocycles. The van der Waals surface area contributed by atoms with Gasteiger partial charge >= 0.3 is 0 Å². The van der Waals surface area contributed by atoms with Gasteiger partial charge in [-0.05, 0) is 36.5 Å². The standard InChI is InChI=1S/C20H19N3O5/c1-2-28-14-10-17-15-4-3-5-16(15)19(21-20(17)18(11-14)23(26)27)12-6-8-13(9-7-12)22(24)25/h3-4,6-11,15-16,19,21H,2,5H2,1H3/t15-,16-,19-/m1/s1. The second kappa shape index (κ2) is 6.95. The third-order valence-electron chi connectivity index (χ3n) is 5.39. The van der Waals surface area contributed by atoms with Crippen LogP contribution in [-0.4, -0.2) is 16.5 Å². The van der Waals surface area contributed by atoms with Gasteiger partial charge in [0.2, 0.25) is 0 Å². The molecule has 0 aromatic heterocycles. The summed E-state index contributed by atoms with van der Waals surface area (Å²) < 4.78 is 5.54. The Kier molecular flexibility index (Phi) is 4.46. The summed E-state index contributed by atoms with van der Waals surface area (Å²) in [7, 11) is 0. The molecule has 8 nitrogen and oxygen atoms in total. The van der Waals surface area contributed by atoms with Crippen molar-refractivity contribution in [1.82, 2.24) is 0 Å². The van der Waals surface area contributed by atoms with Crippen molar-refractivity contribution in [1.29, 1.82) is 0 Å². The zero-order valence-electron chi connectivity index (χ0n) is 15.2. The van der Waals surface area contributed by atoms with Gasteiger partial charge in [0.05, 0.1) is 28.6 Å². The first kappa shape index (κ1) is 18.0. The molecule has 0 bridgehead atoms. The number of ether oxygens (including phenoxy) is 1. The summed E-state index contributed by atoms with van der Waals surface area (Å²) in [5.41, 5.74) is 2.22. The Labute approximate surface area is 161 Å². The van der Waals surface area contributed by atoms with Crippen LogP contribution in [0, 0.1) is 26.1 Å². The molecule has 0 amide bonds. The highest BCUT2D eigenvalue weighted by molar-refractivity contribution is 5.73. The van der Waals surface area contributed by atoms with Crippen molar-refractivity contribution in [3.63, 3.8) is 0 Å². The number of anilines is 1. The van der Waals surface area contributed by atoms with E-state index in [4.69, 9.17) is 4.74 Å². The second-order valence-corrected chi connectivity index (χ2v) is 6.92. The van der Waals surface area contributed by atoms with Gasteiger partial charge in [-0.3, -0.25) is 20.2 Å². The first-order valence-electron chi connectivity index (χ1n) is 9.12. The van der Waals surface area contributed by atoms with Crippen LogP contribution in [0.1, 0.15) is 36.4 Å². The molecule has 0 radical (unpaired) electrons. The quantitative estimate of drug-likeness (QED) is 0.456. The molecule has 2 aromatic carbocycles. The zero-order chi connectivity index (χ0) is 19.8. The van der Waals surface area contributed by atoms with Crippen molar-refractivity contribution in [3.05, 3.63) is 79.9 Å². The molecule has 0 fully saturated rings. The number of fused-ring (bicyclic) bond motifs is 3. The molecule has 8 heteroatoms. The molecule has 2 aliphatic rings. The van der Waals surface area contributed by atoms with Gasteiger partial charge in [0, 0.05) is 18.1 Å². The topological polar surface area (TPSA) is 108 Å². The van der Waals surface area contributed by atoms with E-state index in [1.165, 1.54) is 18.2 Å². The minimum Gasteiger partial charge on any atom is -0.494 e. The average Bonchev–Trinajstić information content (AvgIpc) is 3.17. The van der Waals surface area contributed by atoms with Crippen molar-refractivity contribution < 1.29 is 14.6 Å². The molecule has 4 rings (SSSR count). The Bertz CT molecular complexity index is 971. The minimum atomic E-state index is -0.437. The zero-order valence-corrected chi connectivity index (χ0v) is 15.2. The molecule has 2 aromatic rings. The van der Waals surface area contributed by atoms with Gasteiger partial charge in [0.1, 0.15) is 11.4 Å². The SMILES string of the molecule is CCOc1cc2c(c([N+](=O)[O-])c1)N[C@H](c1ccc([N+](=O)[O-])cc1)[C@@H]1CC=C[C@@H]21. The minimum absolute atomic E-state index is 0.0217. The van der Waals surface area contributed by atoms with Crippen LogP contribution in [-0.2, 0) is 0 Å². The van der Waals surface area contributed by atoms with E-state index in [0.717, 1.165) is 17.5 Å². The number of nitro groups is 2. The fraction of sp³-hybridized carbons (Fsp3) is 0.300. The van der Waals surface area contributed by atoms with Gasteiger partial charge in [-0.25, -0.2) is 0 Å². The molecule has 1 aliphatic carbocycles. The van der Waals surface area contributed by atoms with E-state index in [-0.39, 0.29) is 29.3 Å². The van der Waals surface area contributed by atoms with Crippen LogP contribution in [0.5, 0.6) is 5.75 Å².